The number of carbonyl (C=O) groups is 2. The lowest BCUT2D eigenvalue weighted by Gasteiger charge is -2.17. The fourth-order valence-corrected chi connectivity index (χ4v) is 2.41. The number of nitro benzene ring substituents is 1. The Kier molecular flexibility index (Phi) is 6.48. The summed E-state index contributed by atoms with van der Waals surface area (Å²) in [5, 5.41) is 13.3. The summed E-state index contributed by atoms with van der Waals surface area (Å²) >= 11 is 0. The van der Waals surface area contributed by atoms with Crippen molar-refractivity contribution in [1.82, 2.24) is 5.32 Å². The zero-order valence-corrected chi connectivity index (χ0v) is 15.0. The predicted octanol–water partition coefficient (Wildman–Crippen LogP) is 3.02. The van der Waals surface area contributed by atoms with E-state index < -0.39 is 22.8 Å². The van der Waals surface area contributed by atoms with Crippen molar-refractivity contribution in [3.63, 3.8) is 0 Å². The first kappa shape index (κ1) is 19.9. The number of nitro groups is 1. The number of amides is 2. The fourth-order valence-electron chi connectivity index (χ4n) is 2.41. The van der Waals surface area contributed by atoms with Crippen LogP contribution < -0.4 is 15.8 Å². The van der Waals surface area contributed by atoms with Crippen LogP contribution in [-0.4, -0.2) is 22.8 Å². The second-order valence-corrected chi connectivity index (χ2v) is 6.44. The van der Waals surface area contributed by atoms with Crippen LogP contribution >= 0.6 is 0 Å². The van der Waals surface area contributed by atoms with Crippen LogP contribution in [-0.2, 0) is 4.79 Å². The Labute approximate surface area is 156 Å². The summed E-state index contributed by atoms with van der Waals surface area (Å²) in [6, 6.07) is 11.2. The molecule has 0 aromatic heterocycles. The van der Waals surface area contributed by atoms with Crippen LogP contribution in [0.2, 0.25) is 0 Å². The lowest BCUT2D eigenvalue weighted by atomic mass is 10.0. The molecule has 142 valence electrons. The highest BCUT2D eigenvalue weighted by atomic mass is 16.6. The molecule has 2 aromatic carbocycles. The minimum absolute atomic E-state index is 0.0280. The number of primary amides is 1. The minimum Gasteiger partial charge on any atom is -0.457 e. The molecule has 1 atom stereocenters. The van der Waals surface area contributed by atoms with Gasteiger partial charge in [0.05, 0.1) is 4.92 Å². The molecule has 0 aliphatic heterocycles. The van der Waals surface area contributed by atoms with Crippen molar-refractivity contribution >= 4 is 17.5 Å². The number of non-ortho nitro benzene ring substituents is 1. The van der Waals surface area contributed by atoms with Gasteiger partial charge in [0, 0.05) is 17.7 Å². The van der Waals surface area contributed by atoms with Gasteiger partial charge in [-0.25, -0.2) is 0 Å². The topological polar surface area (TPSA) is 125 Å². The van der Waals surface area contributed by atoms with E-state index in [0.717, 1.165) is 0 Å². The number of nitrogens with one attached hydrogen (secondary N) is 1. The van der Waals surface area contributed by atoms with E-state index in [9.17, 15) is 19.7 Å². The van der Waals surface area contributed by atoms with E-state index in [0.29, 0.717) is 23.5 Å². The van der Waals surface area contributed by atoms with Crippen LogP contribution in [0.3, 0.4) is 0 Å². The zero-order valence-electron chi connectivity index (χ0n) is 15.0. The molecule has 0 aliphatic rings. The highest BCUT2D eigenvalue weighted by Crippen LogP contribution is 2.24. The first-order valence-electron chi connectivity index (χ1n) is 8.39. The molecule has 0 fully saturated rings. The van der Waals surface area contributed by atoms with Crippen molar-refractivity contribution in [3.05, 3.63) is 64.2 Å². The molecule has 0 saturated heterocycles. The maximum absolute atomic E-state index is 12.3. The summed E-state index contributed by atoms with van der Waals surface area (Å²) in [5.74, 6) is 0.134. The largest absolute Gasteiger partial charge is 0.457 e. The third-order valence-electron chi connectivity index (χ3n) is 3.76. The van der Waals surface area contributed by atoms with Gasteiger partial charge in [0.15, 0.2) is 0 Å². The van der Waals surface area contributed by atoms with E-state index in [4.69, 9.17) is 10.5 Å². The van der Waals surface area contributed by atoms with Gasteiger partial charge >= 0.3 is 0 Å². The highest BCUT2D eigenvalue weighted by molar-refractivity contribution is 5.97. The van der Waals surface area contributed by atoms with Crippen LogP contribution in [0.15, 0.2) is 48.5 Å². The fraction of sp³-hybridized carbons (Fsp3) is 0.263. The maximum atomic E-state index is 12.3. The normalized spacial score (nSPS) is 11.7. The van der Waals surface area contributed by atoms with Crippen molar-refractivity contribution in [2.75, 3.05) is 0 Å². The molecule has 0 saturated carbocycles. The van der Waals surface area contributed by atoms with Gasteiger partial charge < -0.3 is 15.8 Å². The molecular formula is C19H21N3O5. The summed E-state index contributed by atoms with van der Waals surface area (Å²) < 4.78 is 5.59. The number of benzene rings is 2. The quantitative estimate of drug-likeness (QED) is 0.545. The molecule has 0 radical (unpaired) electrons. The molecule has 8 heteroatoms. The average Bonchev–Trinajstić information content (AvgIpc) is 2.61. The monoisotopic (exact) mass is 371 g/mol. The molecule has 2 rings (SSSR count). The summed E-state index contributed by atoms with van der Waals surface area (Å²) in [5.41, 5.74) is 5.67. The van der Waals surface area contributed by atoms with E-state index in [2.05, 4.69) is 5.32 Å². The Balaban J connectivity index is 2.02. The maximum Gasteiger partial charge on any atom is 0.269 e. The number of hydrogen-bond donors (Lipinski definition) is 2. The lowest BCUT2D eigenvalue weighted by molar-refractivity contribution is -0.384. The average molecular weight is 371 g/mol. The van der Waals surface area contributed by atoms with Gasteiger partial charge in [-0.05, 0) is 48.7 Å². The molecule has 3 N–H and O–H groups in total. The Hall–Kier alpha value is -3.42. The van der Waals surface area contributed by atoms with E-state index >= 15 is 0 Å². The number of ether oxygens (including phenoxy) is 1. The van der Waals surface area contributed by atoms with Crippen molar-refractivity contribution in [2.45, 2.75) is 26.3 Å². The van der Waals surface area contributed by atoms with Crippen molar-refractivity contribution in [1.29, 1.82) is 0 Å². The van der Waals surface area contributed by atoms with E-state index in [-0.39, 0.29) is 11.6 Å². The molecule has 0 aliphatic carbocycles. The Morgan fingerprint density at radius 3 is 2.04 bits per heavy atom. The highest BCUT2D eigenvalue weighted by Gasteiger charge is 2.20. The third kappa shape index (κ3) is 5.81. The molecule has 2 aromatic rings. The summed E-state index contributed by atoms with van der Waals surface area (Å²) in [6.07, 6.45) is 0.461. The van der Waals surface area contributed by atoms with E-state index in [1.54, 1.807) is 24.3 Å². The summed E-state index contributed by atoms with van der Waals surface area (Å²) in [7, 11) is 0. The number of nitrogens with zero attached hydrogens (tertiary/aromatic N) is 1. The standard InChI is InChI=1S/C19H21N3O5/c1-12(2)11-17(18(20)23)21-19(24)13-3-7-15(8-4-13)27-16-9-5-14(6-10-16)22(25)26/h3-10,12,17H,11H2,1-2H3,(H2,20,23)(H,21,24). The molecule has 8 nitrogen and oxygen atoms in total. The van der Waals surface area contributed by atoms with Gasteiger partial charge in [0.2, 0.25) is 5.91 Å². The van der Waals surface area contributed by atoms with Gasteiger partial charge in [-0.1, -0.05) is 13.8 Å². The molecule has 1 unspecified atom stereocenters. The number of nitrogens with two attached hydrogens (primary N) is 1. The van der Waals surface area contributed by atoms with E-state index in [1.165, 1.54) is 24.3 Å². The first-order chi connectivity index (χ1) is 12.8. The molecular weight excluding hydrogens is 350 g/mol. The number of hydrogen-bond acceptors (Lipinski definition) is 5. The van der Waals surface area contributed by atoms with Crippen molar-refractivity contribution < 1.29 is 19.2 Å². The van der Waals surface area contributed by atoms with Gasteiger partial charge in [0.25, 0.3) is 11.6 Å². The van der Waals surface area contributed by atoms with Crippen LogP contribution in [0.5, 0.6) is 11.5 Å². The zero-order chi connectivity index (χ0) is 20.0. The van der Waals surface area contributed by atoms with Crippen molar-refractivity contribution in [2.24, 2.45) is 11.7 Å². The minimum atomic E-state index is -0.728. The molecule has 0 spiro atoms. The van der Waals surface area contributed by atoms with Gasteiger partial charge in [-0.3, -0.25) is 19.7 Å². The predicted molar refractivity (Wildman–Crippen MR) is 99.5 cm³/mol. The Morgan fingerprint density at radius 2 is 1.59 bits per heavy atom. The third-order valence-corrected chi connectivity index (χ3v) is 3.76. The smallest absolute Gasteiger partial charge is 0.269 e. The van der Waals surface area contributed by atoms with Crippen molar-refractivity contribution in [3.8, 4) is 11.5 Å². The van der Waals surface area contributed by atoms with Gasteiger partial charge in [-0.15, -0.1) is 0 Å². The molecule has 0 heterocycles. The summed E-state index contributed by atoms with van der Waals surface area (Å²) in [4.78, 5) is 33.9. The molecule has 2 amide bonds. The van der Waals surface area contributed by atoms with Crippen LogP contribution in [0, 0.1) is 16.0 Å². The second-order valence-electron chi connectivity index (χ2n) is 6.44. The number of rotatable bonds is 8. The second kappa shape index (κ2) is 8.79. The summed E-state index contributed by atoms with van der Waals surface area (Å²) in [6.45, 7) is 3.87. The first-order valence-corrected chi connectivity index (χ1v) is 8.39. The van der Waals surface area contributed by atoms with Crippen LogP contribution in [0.1, 0.15) is 30.6 Å². The van der Waals surface area contributed by atoms with E-state index in [1.807, 2.05) is 13.8 Å². The molecule has 0 bridgehead atoms. The van der Waals surface area contributed by atoms with Gasteiger partial charge in [-0.2, -0.15) is 0 Å². The number of carbonyl (C=O) groups excluding carboxylic acids is 2. The lowest BCUT2D eigenvalue weighted by Crippen LogP contribution is -2.45. The Bertz CT molecular complexity index is 816. The van der Waals surface area contributed by atoms with Crippen LogP contribution in [0.4, 0.5) is 5.69 Å². The van der Waals surface area contributed by atoms with Crippen LogP contribution in [0.25, 0.3) is 0 Å². The molecule has 27 heavy (non-hydrogen) atoms. The van der Waals surface area contributed by atoms with Gasteiger partial charge in [0.1, 0.15) is 17.5 Å². The SMILES string of the molecule is CC(C)CC(NC(=O)c1ccc(Oc2ccc([N+](=O)[O-])cc2)cc1)C(N)=O. The Morgan fingerprint density at radius 1 is 1.07 bits per heavy atom.